The summed E-state index contributed by atoms with van der Waals surface area (Å²) in [4.78, 5) is 12.8. The van der Waals surface area contributed by atoms with Crippen molar-refractivity contribution in [3.63, 3.8) is 0 Å². The summed E-state index contributed by atoms with van der Waals surface area (Å²) in [6, 6.07) is 9.55. The Morgan fingerprint density at radius 1 is 1.06 bits per heavy atom. The van der Waals surface area contributed by atoms with Crippen molar-refractivity contribution < 1.29 is 27.4 Å². The van der Waals surface area contributed by atoms with Crippen LogP contribution in [0, 0.1) is 0 Å². The Labute approximate surface area is 180 Å². The van der Waals surface area contributed by atoms with E-state index in [-0.39, 0.29) is 22.3 Å². The maximum Gasteiger partial charge on any atom is 0.255 e. The number of fused-ring (bicyclic) bond motifs is 1. The van der Waals surface area contributed by atoms with Crippen molar-refractivity contribution >= 4 is 21.6 Å². The molecule has 0 saturated heterocycles. The maximum absolute atomic E-state index is 12.8. The quantitative estimate of drug-likeness (QED) is 0.708. The number of carbonyl (C=O) groups is 1. The lowest BCUT2D eigenvalue weighted by atomic mass is 10.2. The second kappa shape index (κ2) is 7.42. The van der Waals surface area contributed by atoms with Gasteiger partial charge in [0.05, 0.1) is 7.11 Å². The van der Waals surface area contributed by atoms with Gasteiger partial charge in [0.25, 0.3) is 11.7 Å². The minimum Gasteiger partial charge on any atom is -0.495 e. The van der Waals surface area contributed by atoms with Crippen LogP contribution in [-0.2, 0) is 10.0 Å². The van der Waals surface area contributed by atoms with Crippen LogP contribution in [0.2, 0.25) is 0 Å². The first-order valence-corrected chi connectivity index (χ1v) is 11.9. The molecule has 0 unspecified atom stereocenters. The van der Waals surface area contributed by atoms with Gasteiger partial charge in [-0.25, -0.2) is 13.1 Å². The number of amides is 1. The monoisotopic (exact) mass is 444 g/mol. The zero-order valence-electron chi connectivity index (χ0n) is 17.1. The standard InChI is InChI=1S/C22H24N2O6S/c1-28-18-8-4-14(12-20(18)31(26,27)24-15-5-6-15)21(25)23-16-7-9-17-19(13-16)30-22(29-17)10-2-3-11-22/h4,7-9,12-13,15,24H,2-3,5-6,10-11H2,1H3,(H,23,25). The van der Waals surface area contributed by atoms with Gasteiger partial charge in [0.1, 0.15) is 10.6 Å². The minimum atomic E-state index is -3.78. The Kier molecular flexibility index (Phi) is 4.82. The first kappa shape index (κ1) is 20.1. The molecule has 0 atom stereocenters. The predicted molar refractivity (Wildman–Crippen MR) is 113 cm³/mol. The van der Waals surface area contributed by atoms with Crippen LogP contribution in [0.3, 0.4) is 0 Å². The molecule has 1 spiro atoms. The predicted octanol–water partition coefficient (Wildman–Crippen LogP) is 3.43. The molecule has 1 amide bonds. The van der Waals surface area contributed by atoms with E-state index in [1.54, 1.807) is 18.2 Å². The Bertz CT molecular complexity index is 1140. The van der Waals surface area contributed by atoms with Crippen LogP contribution in [0.5, 0.6) is 17.2 Å². The topological polar surface area (TPSA) is 103 Å². The van der Waals surface area contributed by atoms with Crippen LogP contribution in [0.15, 0.2) is 41.3 Å². The minimum absolute atomic E-state index is 0.0519. The molecule has 1 aliphatic heterocycles. The average molecular weight is 445 g/mol. The largest absolute Gasteiger partial charge is 0.495 e. The lowest BCUT2D eigenvalue weighted by Crippen LogP contribution is -2.34. The second-order valence-corrected chi connectivity index (χ2v) is 9.88. The Morgan fingerprint density at radius 3 is 2.52 bits per heavy atom. The van der Waals surface area contributed by atoms with E-state index in [9.17, 15) is 13.2 Å². The smallest absolute Gasteiger partial charge is 0.255 e. The van der Waals surface area contributed by atoms with E-state index in [0.717, 1.165) is 38.5 Å². The van der Waals surface area contributed by atoms with E-state index in [4.69, 9.17) is 14.2 Å². The highest BCUT2D eigenvalue weighted by Gasteiger charge is 2.44. The SMILES string of the molecule is COc1ccc(C(=O)Nc2ccc3c(c2)OC2(CCCC2)O3)cc1S(=O)(=O)NC1CC1. The fourth-order valence-electron chi connectivity index (χ4n) is 4.00. The number of benzene rings is 2. The molecule has 2 aromatic carbocycles. The number of carbonyl (C=O) groups excluding carboxylic acids is 1. The molecule has 2 saturated carbocycles. The first-order valence-electron chi connectivity index (χ1n) is 10.4. The zero-order valence-corrected chi connectivity index (χ0v) is 18.0. The molecule has 5 rings (SSSR count). The Morgan fingerprint density at radius 2 is 1.81 bits per heavy atom. The molecular formula is C22H24N2O6S. The van der Waals surface area contributed by atoms with E-state index in [1.807, 2.05) is 0 Å². The van der Waals surface area contributed by atoms with Crippen LogP contribution in [0.1, 0.15) is 48.9 Å². The summed E-state index contributed by atoms with van der Waals surface area (Å²) in [6.45, 7) is 0. The van der Waals surface area contributed by atoms with Gasteiger partial charge in [-0.1, -0.05) is 0 Å². The van der Waals surface area contributed by atoms with Crippen molar-refractivity contribution in [3.05, 3.63) is 42.0 Å². The van der Waals surface area contributed by atoms with Gasteiger partial charge in [0, 0.05) is 36.2 Å². The van der Waals surface area contributed by atoms with Crippen molar-refractivity contribution in [1.29, 1.82) is 0 Å². The molecule has 9 heteroatoms. The van der Waals surface area contributed by atoms with Crippen LogP contribution in [0.25, 0.3) is 0 Å². The van der Waals surface area contributed by atoms with Crippen molar-refractivity contribution in [1.82, 2.24) is 4.72 Å². The van der Waals surface area contributed by atoms with Gasteiger partial charge < -0.3 is 19.5 Å². The van der Waals surface area contributed by atoms with Crippen molar-refractivity contribution in [2.24, 2.45) is 0 Å². The highest BCUT2D eigenvalue weighted by molar-refractivity contribution is 7.89. The van der Waals surface area contributed by atoms with Crippen LogP contribution in [0.4, 0.5) is 5.69 Å². The molecule has 0 aromatic heterocycles. The van der Waals surface area contributed by atoms with Crippen molar-refractivity contribution in [3.8, 4) is 17.2 Å². The van der Waals surface area contributed by atoms with Gasteiger partial charge in [-0.2, -0.15) is 0 Å². The number of hydrogen-bond donors (Lipinski definition) is 2. The second-order valence-electron chi connectivity index (χ2n) is 8.20. The number of methoxy groups -OCH3 is 1. The number of anilines is 1. The Balaban J connectivity index is 1.36. The number of hydrogen-bond acceptors (Lipinski definition) is 6. The highest BCUT2D eigenvalue weighted by atomic mass is 32.2. The normalized spacial score (nSPS) is 18.9. The van der Waals surface area contributed by atoms with Gasteiger partial charge in [-0.3, -0.25) is 4.79 Å². The van der Waals surface area contributed by atoms with E-state index < -0.39 is 21.7 Å². The van der Waals surface area contributed by atoms with E-state index >= 15 is 0 Å². The zero-order chi connectivity index (χ0) is 21.6. The first-order chi connectivity index (χ1) is 14.9. The molecule has 31 heavy (non-hydrogen) atoms. The molecule has 0 radical (unpaired) electrons. The van der Waals surface area contributed by atoms with Crippen LogP contribution < -0.4 is 24.2 Å². The highest BCUT2D eigenvalue weighted by Crippen LogP contribution is 2.47. The fourth-order valence-corrected chi connectivity index (χ4v) is 5.50. The van der Waals surface area contributed by atoms with E-state index in [2.05, 4.69) is 10.0 Å². The van der Waals surface area contributed by atoms with Gasteiger partial charge in [-0.05, 0) is 56.0 Å². The van der Waals surface area contributed by atoms with E-state index in [1.165, 1.54) is 25.3 Å². The number of nitrogens with one attached hydrogen (secondary N) is 2. The van der Waals surface area contributed by atoms with Crippen molar-refractivity contribution in [2.45, 2.75) is 55.2 Å². The fraction of sp³-hybridized carbons (Fsp3) is 0.409. The molecule has 164 valence electrons. The summed E-state index contributed by atoms with van der Waals surface area (Å²) in [5.41, 5.74) is 0.751. The van der Waals surface area contributed by atoms with E-state index in [0.29, 0.717) is 17.2 Å². The molecule has 2 N–H and O–H groups in total. The Hall–Kier alpha value is -2.78. The van der Waals surface area contributed by atoms with Crippen LogP contribution >= 0.6 is 0 Å². The van der Waals surface area contributed by atoms with Crippen molar-refractivity contribution in [2.75, 3.05) is 12.4 Å². The molecule has 1 heterocycles. The number of ether oxygens (including phenoxy) is 3. The maximum atomic E-state index is 12.8. The number of sulfonamides is 1. The van der Waals surface area contributed by atoms with Crippen LogP contribution in [-0.4, -0.2) is 33.3 Å². The molecule has 2 aromatic rings. The third-order valence-electron chi connectivity index (χ3n) is 5.77. The summed E-state index contributed by atoms with van der Waals surface area (Å²) in [5.74, 6) is 0.462. The third-order valence-corrected chi connectivity index (χ3v) is 7.32. The van der Waals surface area contributed by atoms with Gasteiger partial charge in [-0.15, -0.1) is 0 Å². The molecular weight excluding hydrogens is 420 g/mol. The van der Waals surface area contributed by atoms with Gasteiger partial charge >= 0.3 is 0 Å². The summed E-state index contributed by atoms with van der Waals surface area (Å²) >= 11 is 0. The molecule has 2 fully saturated rings. The summed E-state index contributed by atoms with van der Waals surface area (Å²) in [6.07, 6.45) is 5.45. The molecule has 3 aliphatic rings. The summed E-state index contributed by atoms with van der Waals surface area (Å²) in [7, 11) is -2.38. The molecule has 2 aliphatic carbocycles. The number of rotatable bonds is 6. The van der Waals surface area contributed by atoms with Gasteiger partial charge in [0.2, 0.25) is 10.0 Å². The summed E-state index contributed by atoms with van der Waals surface area (Å²) < 4.78 is 45.2. The summed E-state index contributed by atoms with van der Waals surface area (Å²) in [5, 5.41) is 2.81. The van der Waals surface area contributed by atoms with Gasteiger partial charge in [0.15, 0.2) is 11.5 Å². The molecule has 0 bridgehead atoms. The lowest BCUT2D eigenvalue weighted by molar-refractivity contribution is -0.0716. The lowest BCUT2D eigenvalue weighted by Gasteiger charge is -2.21. The third kappa shape index (κ3) is 3.95. The average Bonchev–Trinajstić information content (AvgIpc) is 3.31. The molecule has 8 nitrogen and oxygen atoms in total.